The third kappa shape index (κ3) is 58.1. The van der Waals surface area contributed by atoms with Gasteiger partial charge in [-0.1, -0.05) is 252 Å². The largest absolute Gasteiger partial charge is 0.472 e. The third-order valence-corrected chi connectivity index (χ3v) is 13.4. The van der Waals surface area contributed by atoms with E-state index in [9.17, 15) is 19.0 Å². The van der Waals surface area contributed by atoms with Gasteiger partial charge in [0.05, 0.1) is 13.2 Å². The Balaban J connectivity index is 3.79. The zero-order valence-corrected chi connectivity index (χ0v) is 47.7. The summed E-state index contributed by atoms with van der Waals surface area (Å²) >= 11 is 0. The van der Waals surface area contributed by atoms with Crippen LogP contribution in [0.15, 0.2) is 97.2 Å². The van der Waals surface area contributed by atoms with Gasteiger partial charge in [0.2, 0.25) is 0 Å². The molecule has 0 fully saturated rings. The first-order chi connectivity index (χ1) is 35.8. The molecule has 0 aliphatic carbocycles. The average molecular weight is 1040 g/mol. The maximum atomic E-state index is 12.7. The van der Waals surface area contributed by atoms with Crippen LogP contribution in [0, 0.1) is 0 Å². The lowest BCUT2D eigenvalue weighted by molar-refractivity contribution is -0.161. The molecule has 2 unspecified atom stereocenters. The maximum absolute atomic E-state index is 12.7. The lowest BCUT2D eigenvalue weighted by atomic mass is 10.0. The van der Waals surface area contributed by atoms with Crippen molar-refractivity contribution in [3.8, 4) is 0 Å². The zero-order valence-electron chi connectivity index (χ0n) is 46.8. The van der Waals surface area contributed by atoms with Crippen LogP contribution >= 0.6 is 7.82 Å². The van der Waals surface area contributed by atoms with Crippen LogP contribution in [0.1, 0.15) is 258 Å². The smallest absolute Gasteiger partial charge is 0.462 e. The van der Waals surface area contributed by atoms with Crippen molar-refractivity contribution in [1.82, 2.24) is 0 Å². The molecule has 0 saturated heterocycles. The van der Waals surface area contributed by atoms with E-state index < -0.39 is 32.5 Å². The summed E-state index contributed by atoms with van der Waals surface area (Å²) in [7, 11) is -4.38. The Labute approximate surface area is 448 Å². The van der Waals surface area contributed by atoms with Gasteiger partial charge in [-0.15, -0.1) is 0 Å². The van der Waals surface area contributed by atoms with Crippen molar-refractivity contribution in [2.75, 3.05) is 26.4 Å². The van der Waals surface area contributed by atoms with Crippen molar-refractivity contribution >= 4 is 19.8 Å². The fourth-order valence-corrected chi connectivity index (χ4v) is 8.83. The molecular formula is C63H110NO8P. The van der Waals surface area contributed by atoms with E-state index in [0.717, 1.165) is 109 Å². The van der Waals surface area contributed by atoms with Crippen LogP contribution in [0.25, 0.3) is 0 Å². The van der Waals surface area contributed by atoms with Crippen molar-refractivity contribution in [3.05, 3.63) is 97.2 Å². The Morgan fingerprint density at radius 2 is 0.753 bits per heavy atom. The van der Waals surface area contributed by atoms with Gasteiger partial charge in [-0.25, -0.2) is 4.57 Å². The highest BCUT2D eigenvalue weighted by Crippen LogP contribution is 2.43. The van der Waals surface area contributed by atoms with Crippen molar-refractivity contribution in [2.45, 2.75) is 264 Å². The summed E-state index contributed by atoms with van der Waals surface area (Å²) in [5.74, 6) is -0.836. The van der Waals surface area contributed by atoms with Gasteiger partial charge in [0, 0.05) is 19.4 Å². The Morgan fingerprint density at radius 3 is 1.14 bits per heavy atom. The molecule has 0 aromatic rings. The number of rotatable bonds is 55. The lowest BCUT2D eigenvalue weighted by Crippen LogP contribution is -2.29. The van der Waals surface area contributed by atoms with Gasteiger partial charge in [0.15, 0.2) is 6.10 Å². The Morgan fingerprint density at radius 1 is 0.425 bits per heavy atom. The number of phosphoric ester groups is 1. The van der Waals surface area contributed by atoms with Crippen molar-refractivity contribution in [2.24, 2.45) is 5.73 Å². The lowest BCUT2D eigenvalue weighted by Gasteiger charge is -2.19. The molecule has 9 nitrogen and oxygen atoms in total. The van der Waals surface area contributed by atoms with E-state index in [2.05, 4.69) is 111 Å². The normalized spacial score (nSPS) is 13.8. The minimum Gasteiger partial charge on any atom is -0.462 e. The standard InChI is InChI=1S/C63H110NO8P/c1-3-5-7-9-11-13-15-16-17-18-19-20-21-22-23-24-25-26-27-28-29-30-31-32-33-34-35-36-37-38-39-40-41-42-43-44-46-48-50-52-54-56-63(66)72-61(60-71-73(67,68)70-58-57-64)59-69-62(65)55-53-51-49-47-45-14-12-10-8-6-4-2/h5,7,10-13,16-17,19-20,22-23,25-26,28-29,61H,3-4,6,8-9,14-15,18,21,24,27,30-60,64H2,1-2H3,(H,67,68)/b7-5-,12-10-,13-11-,17-16-,20-19-,23-22-,26-25-,29-28-. The first-order valence-corrected chi connectivity index (χ1v) is 31.2. The van der Waals surface area contributed by atoms with Crippen LogP contribution in [0.5, 0.6) is 0 Å². The number of allylic oxidation sites excluding steroid dienone is 16. The molecule has 10 heteroatoms. The number of esters is 2. The molecule has 0 spiro atoms. The molecule has 0 saturated carbocycles. The predicted molar refractivity (Wildman–Crippen MR) is 312 cm³/mol. The Kier molecular flexibility index (Phi) is 55.7. The molecule has 0 aliphatic heterocycles. The van der Waals surface area contributed by atoms with Gasteiger partial charge >= 0.3 is 19.8 Å². The van der Waals surface area contributed by atoms with Crippen LogP contribution in [-0.4, -0.2) is 49.3 Å². The Hall–Kier alpha value is -3.07. The van der Waals surface area contributed by atoms with Gasteiger partial charge in [0.1, 0.15) is 6.61 Å². The highest BCUT2D eigenvalue weighted by atomic mass is 31.2. The number of carbonyl (C=O) groups excluding carboxylic acids is 2. The van der Waals surface area contributed by atoms with Crippen LogP contribution in [0.4, 0.5) is 0 Å². The van der Waals surface area contributed by atoms with E-state index in [4.69, 9.17) is 24.3 Å². The number of nitrogens with two attached hydrogens (primary N) is 1. The fraction of sp³-hybridized carbons (Fsp3) is 0.714. The van der Waals surface area contributed by atoms with Crippen LogP contribution in [0.2, 0.25) is 0 Å². The number of hydrogen-bond acceptors (Lipinski definition) is 8. The van der Waals surface area contributed by atoms with Gasteiger partial charge in [-0.2, -0.15) is 0 Å². The van der Waals surface area contributed by atoms with Gasteiger partial charge in [0.25, 0.3) is 0 Å². The number of carbonyl (C=O) groups is 2. The highest BCUT2D eigenvalue weighted by molar-refractivity contribution is 7.47. The maximum Gasteiger partial charge on any atom is 0.472 e. The second-order valence-corrected chi connectivity index (χ2v) is 20.9. The molecular weight excluding hydrogens is 930 g/mol. The summed E-state index contributed by atoms with van der Waals surface area (Å²) < 4.78 is 32.9. The second kappa shape index (κ2) is 58.2. The molecule has 0 amide bonds. The summed E-state index contributed by atoms with van der Waals surface area (Å²) in [6.07, 6.45) is 77.8. The van der Waals surface area contributed by atoms with Gasteiger partial charge < -0.3 is 20.1 Å². The molecule has 3 N–H and O–H groups in total. The topological polar surface area (TPSA) is 134 Å². The molecule has 0 aromatic heterocycles. The molecule has 0 heterocycles. The van der Waals surface area contributed by atoms with Crippen molar-refractivity contribution in [3.63, 3.8) is 0 Å². The van der Waals surface area contributed by atoms with Crippen LogP contribution < -0.4 is 5.73 Å². The van der Waals surface area contributed by atoms with Gasteiger partial charge in [-0.05, 0) is 89.9 Å². The van der Waals surface area contributed by atoms with E-state index >= 15 is 0 Å². The third-order valence-electron chi connectivity index (χ3n) is 12.5. The molecule has 420 valence electrons. The molecule has 0 aliphatic rings. The first-order valence-electron chi connectivity index (χ1n) is 29.7. The molecule has 0 radical (unpaired) electrons. The Bertz CT molecular complexity index is 1510. The van der Waals surface area contributed by atoms with E-state index in [0.29, 0.717) is 6.42 Å². The quantitative estimate of drug-likeness (QED) is 0.0264. The van der Waals surface area contributed by atoms with Crippen LogP contribution in [0.3, 0.4) is 0 Å². The number of hydrogen-bond donors (Lipinski definition) is 2. The predicted octanol–water partition coefficient (Wildman–Crippen LogP) is 18.8. The summed E-state index contributed by atoms with van der Waals surface area (Å²) in [5.41, 5.74) is 5.37. The number of unbranched alkanes of at least 4 members (excludes halogenated alkanes) is 26. The minimum atomic E-state index is -4.38. The SMILES string of the molecule is CC/C=C\C/C=C\C/C=C\C/C=C\C/C=C\C/C=C\C/C=C\CCCCCCCCCCCCCCCCCCCCCC(=O)OC(COC(=O)CCCCCCC/C=C\CCCC)COP(=O)(O)OCCN. The zero-order chi connectivity index (χ0) is 53.1. The van der Waals surface area contributed by atoms with E-state index in [-0.39, 0.29) is 32.6 Å². The molecule has 0 aromatic carbocycles. The van der Waals surface area contributed by atoms with Crippen LogP contribution in [-0.2, 0) is 32.7 Å². The molecule has 0 rings (SSSR count). The average Bonchev–Trinajstić information content (AvgIpc) is 3.38. The summed E-state index contributed by atoms with van der Waals surface area (Å²) in [5, 5.41) is 0. The summed E-state index contributed by atoms with van der Waals surface area (Å²) in [6.45, 7) is 3.58. The second-order valence-electron chi connectivity index (χ2n) is 19.5. The molecule has 2 atom stereocenters. The number of phosphoric acid groups is 1. The van der Waals surface area contributed by atoms with Gasteiger partial charge in [-0.3, -0.25) is 18.6 Å². The molecule has 73 heavy (non-hydrogen) atoms. The van der Waals surface area contributed by atoms with E-state index in [1.165, 1.54) is 116 Å². The van der Waals surface area contributed by atoms with Crippen molar-refractivity contribution < 1.29 is 37.6 Å². The molecule has 0 bridgehead atoms. The monoisotopic (exact) mass is 1040 g/mol. The summed E-state index contributed by atoms with van der Waals surface area (Å²) in [4.78, 5) is 35.0. The van der Waals surface area contributed by atoms with E-state index in [1.54, 1.807) is 0 Å². The summed E-state index contributed by atoms with van der Waals surface area (Å²) in [6, 6.07) is 0. The fourth-order valence-electron chi connectivity index (χ4n) is 8.07. The highest BCUT2D eigenvalue weighted by Gasteiger charge is 2.26. The first kappa shape index (κ1) is 69.9. The van der Waals surface area contributed by atoms with E-state index in [1.807, 2.05) is 0 Å². The van der Waals surface area contributed by atoms with Crippen molar-refractivity contribution in [1.29, 1.82) is 0 Å². The minimum absolute atomic E-state index is 0.0508. The number of ether oxygens (including phenoxy) is 2.